The van der Waals surface area contributed by atoms with Crippen molar-refractivity contribution in [2.45, 2.75) is 41.7 Å². The summed E-state index contributed by atoms with van der Waals surface area (Å²) in [6, 6.07) is 0. The fraction of sp³-hybridized carbons (Fsp3) is 1.00. The minimum Gasteiger partial charge on any atom is -0.387 e. The van der Waals surface area contributed by atoms with Crippen LogP contribution in [0.5, 0.6) is 0 Å². The first-order valence-corrected chi connectivity index (χ1v) is 4.53. The van der Waals surface area contributed by atoms with Crippen LogP contribution in [0.4, 0.5) is 0 Å². The number of methoxy groups -OCH3 is 1. The van der Waals surface area contributed by atoms with E-state index in [1.807, 2.05) is 0 Å². The number of rotatable bonds is 1. The van der Waals surface area contributed by atoms with Gasteiger partial charge in [-0.15, -0.1) is 0 Å². The Labute approximate surface area is 85.2 Å². The van der Waals surface area contributed by atoms with Gasteiger partial charge in [0, 0.05) is 7.11 Å². The quantitative estimate of drug-likeness (QED) is 0.266. The first kappa shape index (κ1) is 11.2. The van der Waals surface area contributed by atoms with Crippen molar-refractivity contribution in [2.75, 3.05) is 7.11 Å². The molecule has 0 heterocycles. The minimum absolute atomic E-state index is 1.18. The maximum absolute atomic E-state index is 9.84. The Morgan fingerprint density at radius 3 is 1.47 bits per heavy atom. The summed E-state index contributed by atoms with van der Waals surface area (Å²) in [5.41, 5.74) is -4.28. The molecule has 0 amide bonds. The van der Waals surface area contributed by atoms with Gasteiger partial charge < -0.3 is 35.4 Å². The van der Waals surface area contributed by atoms with E-state index in [-0.39, 0.29) is 0 Å². The Hall–Kier alpha value is -0.280. The van der Waals surface area contributed by atoms with Crippen LogP contribution >= 0.6 is 0 Å². The van der Waals surface area contributed by atoms with E-state index in [0.717, 1.165) is 0 Å². The van der Waals surface area contributed by atoms with Crippen LogP contribution in [0.1, 0.15) is 0 Å². The maximum Gasteiger partial charge on any atom is 0.156 e. The molecule has 0 radical (unpaired) electrons. The molecule has 0 aromatic rings. The molecule has 0 saturated heterocycles. The number of fused-ring (bicyclic) bond motifs is 1. The molecule has 0 aromatic carbocycles. The lowest BCUT2D eigenvalue weighted by Crippen LogP contribution is -2.63. The first-order chi connectivity index (χ1) is 6.83. The van der Waals surface area contributed by atoms with Crippen molar-refractivity contribution in [1.82, 2.24) is 0 Å². The van der Waals surface area contributed by atoms with Gasteiger partial charge in [0.15, 0.2) is 11.2 Å². The van der Waals surface area contributed by atoms with Gasteiger partial charge in [0.1, 0.15) is 30.5 Å². The molecule has 0 spiro atoms. The zero-order chi connectivity index (χ0) is 11.6. The molecule has 2 aliphatic carbocycles. The Kier molecular flexibility index (Phi) is 2.16. The predicted octanol–water partition coefficient (Wildman–Crippen LogP) is -4.07. The summed E-state index contributed by atoms with van der Waals surface area (Å²) >= 11 is 0. The summed E-state index contributed by atoms with van der Waals surface area (Å²) < 4.78 is 4.71. The molecule has 2 rings (SSSR count). The molecule has 7 heteroatoms. The molecular formula is C8H14O7. The number of hydrogen-bond acceptors (Lipinski definition) is 7. The number of aliphatic hydroxyl groups excluding tert-OH is 4. The summed E-state index contributed by atoms with van der Waals surface area (Å²) in [7, 11) is 1.18. The number of hydrogen-bond donors (Lipinski definition) is 6. The number of ether oxygens (including phenoxy) is 1. The van der Waals surface area contributed by atoms with E-state index in [2.05, 4.69) is 0 Å². The highest BCUT2D eigenvalue weighted by molar-refractivity contribution is 5.38. The molecule has 0 aromatic heterocycles. The van der Waals surface area contributed by atoms with Crippen molar-refractivity contribution >= 4 is 0 Å². The second kappa shape index (κ2) is 2.89. The van der Waals surface area contributed by atoms with Crippen molar-refractivity contribution in [1.29, 1.82) is 0 Å². The van der Waals surface area contributed by atoms with Crippen LogP contribution in [0.25, 0.3) is 0 Å². The number of aliphatic hydroxyl groups is 6. The highest BCUT2D eigenvalue weighted by Crippen LogP contribution is 2.58. The zero-order valence-electron chi connectivity index (χ0n) is 7.98. The topological polar surface area (TPSA) is 131 Å². The predicted molar refractivity (Wildman–Crippen MR) is 44.7 cm³/mol. The van der Waals surface area contributed by atoms with Crippen LogP contribution < -0.4 is 0 Å². The normalized spacial score (nSPS) is 63.8. The third kappa shape index (κ3) is 0.942. The van der Waals surface area contributed by atoms with E-state index >= 15 is 0 Å². The van der Waals surface area contributed by atoms with Crippen LogP contribution in [-0.4, -0.2) is 79.5 Å². The zero-order valence-corrected chi connectivity index (χ0v) is 7.98. The molecular weight excluding hydrogens is 208 g/mol. The van der Waals surface area contributed by atoms with Gasteiger partial charge in [0.05, 0.1) is 0 Å². The van der Waals surface area contributed by atoms with Crippen molar-refractivity contribution in [3.05, 3.63) is 0 Å². The Bertz CT molecular complexity index is 250. The van der Waals surface area contributed by atoms with Gasteiger partial charge >= 0.3 is 0 Å². The molecule has 7 nitrogen and oxygen atoms in total. The van der Waals surface area contributed by atoms with Gasteiger partial charge in [-0.25, -0.2) is 0 Å². The van der Waals surface area contributed by atoms with E-state index in [0.29, 0.717) is 0 Å². The molecule has 2 aliphatic rings. The summed E-state index contributed by atoms with van der Waals surface area (Å²) in [5.74, 6) is 0. The van der Waals surface area contributed by atoms with Crippen LogP contribution in [-0.2, 0) is 4.74 Å². The molecule has 88 valence electrons. The summed E-state index contributed by atoms with van der Waals surface area (Å²) in [5, 5.41) is 57.3. The summed E-state index contributed by atoms with van der Waals surface area (Å²) in [6.45, 7) is 0. The van der Waals surface area contributed by atoms with Gasteiger partial charge in [-0.2, -0.15) is 0 Å². The monoisotopic (exact) mass is 222 g/mol. The standard InChI is InChI=1S/C8H14O7/c1-15-6-7(13)4(11)2(9)3(10)5(12)8(6,7)14/h2-6,9-14H,1H3/t2-,3-,4+,5+,6?,7-,8+/m0/s1. The van der Waals surface area contributed by atoms with E-state index < -0.39 is 41.7 Å². The Morgan fingerprint density at radius 1 is 0.867 bits per heavy atom. The molecule has 1 unspecified atom stereocenters. The van der Waals surface area contributed by atoms with Gasteiger partial charge in [0.2, 0.25) is 0 Å². The Balaban J connectivity index is 2.38. The lowest BCUT2D eigenvalue weighted by Gasteiger charge is -2.37. The fourth-order valence-electron chi connectivity index (χ4n) is 2.49. The molecule has 2 saturated carbocycles. The first-order valence-electron chi connectivity index (χ1n) is 4.53. The van der Waals surface area contributed by atoms with Gasteiger partial charge in [-0.3, -0.25) is 0 Å². The van der Waals surface area contributed by atoms with E-state index in [4.69, 9.17) is 4.74 Å². The minimum atomic E-state index is -2.14. The largest absolute Gasteiger partial charge is 0.387 e. The average molecular weight is 222 g/mol. The van der Waals surface area contributed by atoms with Crippen LogP contribution in [0.2, 0.25) is 0 Å². The van der Waals surface area contributed by atoms with Crippen LogP contribution in [0.15, 0.2) is 0 Å². The Morgan fingerprint density at radius 2 is 1.20 bits per heavy atom. The second-order valence-electron chi connectivity index (χ2n) is 4.14. The van der Waals surface area contributed by atoms with Crippen LogP contribution in [0, 0.1) is 0 Å². The molecule has 0 aliphatic heterocycles. The van der Waals surface area contributed by atoms with E-state index in [1.54, 1.807) is 0 Å². The lowest BCUT2D eigenvalue weighted by atomic mass is 9.85. The summed E-state index contributed by atoms with van der Waals surface area (Å²) in [4.78, 5) is 0. The van der Waals surface area contributed by atoms with E-state index in [1.165, 1.54) is 7.11 Å². The van der Waals surface area contributed by atoms with Crippen molar-refractivity contribution in [3.63, 3.8) is 0 Å². The third-order valence-electron chi connectivity index (χ3n) is 3.49. The average Bonchev–Trinajstić information content (AvgIpc) is 2.72. The second-order valence-corrected chi connectivity index (χ2v) is 4.14. The highest BCUT2D eigenvalue weighted by atomic mass is 16.6. The lowest BCUT2D eigenvalue weighted by molar-refractivity contribution is -0.223. The van der Waals surface area contributed by atoms with Gasteiger partial charge in [-0.1, -0.05) is 0 Å². The molecule has 15 heavy (non-hydrogen) atoms. The SMILES string of the molecule is COC1[C@@]2(O)[C@H](O)[C@@H](O)[C@H](O)[C@@H](O)[C@@]12O. The van der Waals surface area contributed by atoms with Crippen molar-refractivity contribution in [2.24, 2.45) is 0 Å². The highest BCUT2D eigenvalue weighted by Gasteiger charge is 2.87. The fourth-order valence-corrected chi connectivity index (χ4v) is 2.49. The molecule has 0 bridgehead atoms. The van der Waals surface area contributed by atoms with Crippen molar-refractivity contribution in [3.8, 4) is 0 Å². The summed E-state index contributed by atoms with van der Waals surface area (Å²) in [6.07, 6.45) is -8.24. The molecule has 2 fully saturated rings. The van der Waals surface area contributed by atoms with Crippen molar-refractivity contribution < 1.29 is 35.4 Å². The van der Waals surface area contributed by atoms with Gasteiger partial charge in [-0.05, 0) is 0 Å². The van der Waals surface area contributed by atoms with Crippen LogP contribution in [0.3, 0.4) is 0 Å². The van der Waals surface area contributed by atoms with Gasteiger partial charge in [0.25, 0.3) is 0 Å². The smallest absolute Gasteiger partial charge is 0.156 e. The molecule has 7 atom stereocenters. The molecule has 6 N–H and O–H groups in total. The van der Waals surface area contributed by atoms with E-state index in [9.17, 15) is 30.6 Å². The maximum atomic E-state index is 9.84. The third-order valence-corrected chi connectivity index (χ3v) is 3.49.